The second-order valence-corrected chi connectivity index (χ2v) is 8.78. The Morgan fingerprint density at radius 3 is 2.79 bits per heavy atom. The predicted molar refractivity (Wildman–Crippen MR) is 103 cm³/mol. The lowest BCUT2D eigenvalue weighted by Gasteiger charge is -2.43. The van der Waals surface area contributed by atoms with Crippen molar-refractivity contribution in [2.75, 3.05) is 19.7 Å². The molecule has 0 bridgehead atoms. The fraction of sp³-hybridized carbons (Fsp3) is 0.500. The summed E-state index contributed by atoms with van der Waals surface area (Å²) < 4.78 is 6.27. The maximum Gasteiger partial charge on any atom is 0.261 e. The third-order valence-corrected chi connectivity index (χ3v) is 7.16. The van der Waals surface area contributed by atoms with Gasteiger partial charge in [-0.2, -0.15) is 10.2 Å². The zero-order valence-corrected chi connectivity index (χ0v) is 16.3. The predicted octanol–water partition coefficient (Wildman–Crippen LogP) is 2.13. The molecular formula is C20H22N4O3S. The minimum absolute atomic E-state index is 0.0172. The van der Waals surface area contributed by atoms with Crippen molar-refractivity contribution in [1.29, 1.82) is 0 Å². The summed E-state index contributed by atoms with van der Waals surface area (Å²) >= 11 is 1.57. The van der Waals surface area contributed by atoms with Gasteiger partial charge < -0.3 is 15.0 Å². The molecule has 3 aliphatic rings. The summed E-state index contributed by atoms with van der Waals surface area (Å²) in [5, 5.41) is 10.6. The number of nitrogens with zero attached hydrogens (tertiary/aromatic N) is 3. The largest absolute Gasteiger partial charge is 0.369 e. The number of aromatic nitrogens is 2. The highest BCUT2D eigenvalue weighted by atomic mass is 32.1. The van der Waals surface area contributed by atoms with Crippen molar-refractivity contribution < 1.29 is 14.3 Å². The first-order valence-electron chi connectivity index (χ1n) is 9.79. The average molecular weight is 398 g/mol. The fourth-order valence-corrected chi connectivity index (χ4v) is 5.37. The van der Waals surface area contributed by atoms with E-state index >= 15 is 0 Å². The van der Waals surface area contributed by atoms with Crippen LogP contribution in [0.15, 0.2) is 24.5 Å². The molecule has 2 fully saturated rings. The van der Waals surface area contributed by atoms with E-state index in [1.165, 1.54) is 22.8 Å². The van der Waals surface area contributed by atoms with Gasteiger partial charge in [0.1, 0.15) is 5.60 Å². The van der Waals surface area contributed by atoms with Crippen LogP contribution >= 0.6 is 11.3 Å². The lowest BCUT2D eigenvalue weighted by atomic mass is 9.85. The van der Waals surface area contributed by atoms with Gasteiger partial charge in [-0.1, -0.05) is 0 Å². The van der Waals surface area contributed by atoms with Crippen molar-refractivity contribution in [2.45, 2.75) is 43.7 Å². The number of fused-ring (bicyclic) bond motifs is 2. The van der Waals surface area contributed by atoms with E-state index in [4.69, 9.17) is 4.74 Å². The number of hydrogen-bond donors (Lipinski definition) is 1. The number of piperidine rings is 1. The Hall–Kier alpha value is -2.32. The van der Waals surface area contributed by atoms with Gasteiger partial charge in [0, 0.05) is 24.0 Å². The van der Waals surface area contributed by atoms with E-state index in [1.54, 1.807) is 17.4 Å². The SMILES string of the molecule is O=C(NC1CC1)c1cc2c(s1)C1(CCN(C(=O)c3ccnnc3)CC1)OCC2. The molecule has 28 heavy (non-hydrogen) atoms. The summed E-state index contributed by atoms with van der Waals surface area (Å²) in [6.07, 6.45) is 7.54. The molecular weight excluding hydrogens is 376 g/mol. The maximum absolute atomic E-state index is 12.7. The third kappa shape index (κ3) is 3.20. The Bertz CT molecular complexity index is 901. The summed E-state index contributed by atoms with van der Waals surface area (Å²) in [6, 6.07) is 4.09. The van der Waals surface area contributed by atoms with E-state index in [2.05, 4.69) is 15.5 Å². The molecule has 0 radical (unpaired) electrons. The second-order valence-electron chi connectivity index (χ2n) is 7.73. The summed E-state index contributed by atoms with van der Waals surface area (Å²) in [5.41, 5.74) is 1.42. The number of hydrogen-bond acceptors (Lipinski definition) is 6. The highest BCUT2D eigenvalue weighted by Crippen LogP contribution is 2.45. The van der Waals surface area contributed by atoms with Crippen LogP contribution in [-0.2, 0) is 16.8 Å². The van der Waals surface area contributed by atoms with Gasteiger partial charge in [0.25, 0.3) is 11.8 Å². The molecule has 2 aliphatic heterocycles. The summed E-state index contributed by atoms with van der Waals surface area (Å²) in [7, 11) is 0. The standard InChI is InChI=1S/C20H22N4O3S/c25-18(23-15-1-2-15)16-11-13-4-10-27-20(17(13)28-16)5-8-24(9-6-20)19(26)14-3-7-21-22-12-14/h3,7,11-12,15H,1-2,4-6,8-10H2,(H,23,25). The van der Waals surface area contributed by atoms with E-state index in [-0.39, 0.29) is 17.4 Å². The Balaban J connectivity index is 1.33. The molecule has 7 nitrogen and oxygen atoms in total. The van der Waals surface area contributed by atoms with Gasteiger partial charge in [0.05, 0.1) is 29.4 Å². The fourth-order valence-electron chi connectivity index (χ4n) is 4.06. The minimum Gasteiger partial charge on any atom is -0.369 e. The zero-order chi connectivity index (χ0) is 19.1. The van der Waals surface area contributed by atoms with Gasteiger partial charge in [-0.05, 0) is 49.8 Å². The zero-order valence-electron chi connectivity index (χ0n) is 15.5. The molecule has 2 amide bonds. The van der Waals surface area contributed by atoms with Crippen LogP contribution in [0.3, 0.4) is 0 Å². The number of nitrogens with one attached hydrogen (secondary N) is 1. The van der Waals surface area contributed by atoms with Crippen LogP contribution in [-0.4, -0.2) is 52.6 Å². The van der Waals surface area contributed by atoms with Gasteiger partial charge in [-0.15, -0.1) is 11.3 Å². The van der Waals surface area contributed by atoms with Crippen LogP contribution in [0.4, 0.5) is 0 Å². The number of likely N-dealkylation sites (tertiary alicyclic amines) is 1. The van der Waals surface area contributed by atoms with Crippen LogP contribution in [0, 0.1) is 0 Å². The molecule has 5 rings (SSSR count). The first kappa shape index (κ1) is 17.8. The topological polar surface area (TPSA) is 84.4 Å². The van der Waals surface area contributed by atoms with Crippen LogP contribution < -0.4 is 5.32 Å². The third-order valence-electron chi connectivity index (χ3n) is 5.80. The van der Waals surface area contributed by atoms with Crippen LogP contribution in [0.25, 0.3) is 0 Å². The van der Waals surface area contributed by atoms with E-state index in [0.717, 1.165) is 37.0 Å². The van der Waals surface area contributed by atoms with Gasteiger partial charge in [-0.25, -0.2) is 0 Å². The Morgan fingerprint density at radius 1 is 1.25 bits per heavy atom. The molecule has 0 atom stereocenters. The molecule has 146 valence electrons. The number of amides is 2. The van der Waals surface area contributed by atoms with Gasteiger partial charge >= 0.3 is 0 Å². The molecule has 2 aromatic rings. The van der Waals surface area contributed by atoms with Crippen molar-refractivity contribution in [3.63, 3.8) is 0 Å². The van der Waals surface area contributed by atoms with Crippen molar-refractivity contribution in [3.8, 4) is 0 Å². The number of carbonyl (C=O) groups excluding carboxylic acids is 2. The quantitative estimate of drug-likeness (QED) is 0.856. The first-order chi connectivity index (χ1) is 13.6. The van der Waals surface area contributed by atoms with E-state index in [0.29, 0.717) is 31.3 Å². The van der Waals surface area contributed by atoms with Crippen molar-refractivity contribution in [1.82, 2.24) is 20.4 Å². The molecule has 4 heterocycles. The van der Waals surface area contributed by atoms with E-state index in [1.807, 2.05) is 11.0 Å². The van der Waals surface area contributed by atoms with Crippen LogP contribution in [0.1, 0.15) is 56.2 Å². The maximum atomic E-state index is 12.7. The molecule has 1 spiro atoms. The number of thiophene rings is 1. The molecule has 1 saturated carbocycles. The smallest absolute Gasteiger partial charge is 0.261 e. The normalized spacial score (nSPS) is 20.6. The lowest BCUT2D eigenvalue weighted by molar-refractivity contribution is -0.0906. The first-order valence-corrected chi connectivity index (χ1v) is 10.6. The van der Waals surface area contributed by atoms with Crippen molar-refractivity contribution in [3.05, 3.63) is 45.4 Å². The molecule has 0 unspecified atom stereocenters. The highest BCUT2D eigenvalue weighted by Gasteiger charge is 2.43. The summed E-state index contributed by atoms with van der Waals surface area (Å²) in [5.74, 6) is 0.0197. The lowest BCUT2D eigenvalue weighted by Crippen LogP contribution is -2.47. The second kappa shape index (κ2) is 6.93. The average Bonchev–Trinajstić information content (AvgIpc) is 3.43. The molecule has 0 aromatic carbocycles. The molecule has 1 aliphatic carbocycles. The molecule has 8 heteroatoms. The van der Waals surface area contributed by atoms with Gasteiger partial charge in [0.2, 0.25) is 0 Å². The van der Waals surface area contributed by atoms with E-state index < -0.39 is 0 Å². The minimum atomic E-state index is -0.371. The molecule has 1 N–H and O–H groups in total. The Kier molecular flexibility index (Phi) is 4.40. The summed E-state index contributed by atoms with van der Waals surface area (Å²) in [4.78, 5) is 29.0. The Labute approximate surface area is 167 Å². The Morgan fingerprint density at radius 2 is 2.07 bits per heavy atom. The van der Waals surface area contributed by atoms with Crippen molar-refractivity contribution in [2.24, 2.45) is 0 Å². The van der Waals surface area contributed by atoms with Gasteiger partial charge in [0.15, 0.2) is 0 Å². The number of rotatable bonds is 3. The highest BCUT2D eigenvalue weighted by molar-refractivity contribution is 7.14. The molecule has 2 aromatic heterocycles. The monoisotopic (exact) mass is 398 g/mol. The van der Waals surface area contributed by atoms with Crippen LogP contribution in [0.5, 0.6) is 0 Å². The number of ether oxygens (including phenoxy) is 1. The molecule has 1 saturated heterocycles. The van der Waals surface area contributed by atoms with Crippen molar-refractivity contribution >= 4 is 23.2 Å². The van der Waals surface area contributed by atoms with Crippen LogP contribution in [0.2, 0.25) is 0 Å². The number of carbonyl (C=O) groups is 2. The van der Waals surface area contributed by atoms with E-state index in [9.17, 15) is 9.59 Å². The summed E-state index contributed by atoms with van der Waals surface area (Å²) in [6.45, 7) is 1.92. The van der Waals surface area contributed by atoms with Gasteiger partial charge in [-0.3, -0.25) is 9.59 Å².